The van der Waals surface area contributed by atoms with Gasteiger partial charge in [-0.3, -0.25) is 29.4 Å². The first kappa shape index (κ1) is 21.7. The number of non-ortho nitro benzene ring substituents is 1. The quantitative estimate of drug-likeness (QED) is 0.311. The van der Waals surface area contributed by atoms with Gasteiger partial charge in [0.25, 0.3) is 5.69 Å². The van der Waals surface area contributed by atoms with Crippen LogP contribution in [0, 0.1) is 33.3 Å². The fraction of sp³-hybridized carbons (Fsp3) is 0.167. The van der Waals surface area contributed by atoms with Crippen molar-refractivity contribution in [3.05, 3.63) is 93.2 Å². The van der Waals surface area contributed by atoms with E-state index in [-0.39, 0.29) is 22.0 Å². The normalized spacial score (nSPS) is 27.1. The maximum Gasteiger partial charge on any atom is 0.270 e. The van der Waals surface area contributed by atoms with Crippen molar-refractivity contribution in [2.24, 2.45) is 11.8 Å². The lowest BCUT2D eigenvalue weighted by Gasteiger charge is -2.27. The Hall–Kier alpha value is -4.13. The average molecular weight is 476 g/mol. The van der Waals surface area contributed by atoms with Crippen LogP contribution in [0.2, 0.25) is 5.02 Å². The monoisotopic (exact) mass is 475 g/mol. The molecule has 168 valence electrons. The standard InChI is InChI=1S/C24H15ClN4O5/c25-16-6-1-2-7-17(16)28-23(31)19-18-10-13(12-26)8-9-27(18)21(20(19)24(28)32)22(30)14-4-3-5-15(11-14)29(33)34/h1-11,18-21H/p+1/t18-,19+,20-,21+/m1/s1. The highest BCUT2D eigenvalue weighted by molar-refractivity contribution is 6.36. The summed E-state index contributed by atoms with van der Waals surface area (Å²) < 4.78 is 0. The summed E-state index contributed by atoms with van der Waals surface area (Å²) in [6.07, 6.45) is 4.76. The van der Waals surface area contributed by atoms with E-state index >= 15 is 0 Å². The molecule has 0 aromatic heterocycles. The van der Waals surface area contributed by atoms with Crippen LogP contribution < -0.4 is 9.80 Å². The van der Waals surface area contributed by atoms with Crippen molar-refractivity contribution in [1.82, 2.24) is 0 Å². The summed E-state index contributed by atoms with van der Waals surface area (Å²) in [5, 5.41) is 20.8. The smallest absolute Gasteiger partial charge is 0.270 e. The van der Waals surface area contributed by atoms with Gasteiger partial charge >= 0.3 is 0 Å². The number of amides is 2. The summed E-state index contributed by atoms with van der Waals surface area (Å²) >= 11 is 6.27. The van der Waals surface area contributed by atoms with Gasteiger partial charge in [0.2, 0.25) is 17.6 Å². The fourth-order valence-electron chi connectivity index (χ4n) is 5.12. The number of nitro benzene ring substituents is 1. The van der Waals surface area contributed by atoms with Crippen molar-refractivity contribution in [1.29, 1.82) is 5.26 Å². The number of hydrogen-bond donors (Lipinski definition) is 1. The molecule has 5 rings (SSSR count). The molecule has 2 aromatic carbocycles. The van der Waals surface area contributed by atoms with E-state index < -0.39 is 46.4 Å². The second-order valence-corrected chi connectivity index (χ2v) is 8.66. The molecule has 0 radical (unpaired) electrons. The molecule has 0 saturated carbocycles. The first-order valence-electron chi connectivity index (χ1n) is 10.4. The molecule has 2 aromatic rings. The summed E-state index contributed by atoms with van der Waals surface area (Å²) in [6, 6.07) is 12.1. The number of quaternary nitrogens is 1. The molecule has 2 saturated heterocycles. The van der Waals surface area contributed by atoms with E-state index in [1.54, 1.807) is 42.6 Å². The average Bonchev–Trinajstić information content (AvgIpc) is 3.31. The molecule has 2 amide bonds. The van der Waals surface area contributed by atoms with Crippen molar-refractivity contribution in [2.75, 3.05) is 4.90 Å². The molecule has 3 aliphatic heterocycles. The van der Waals surface area contributed by atoms with Gasteiger partial charge in [0.15, 0.2) is 6.04 Å². The van der Waals surface area contributed by atoms with Crippen LogP contribution in [0.15, 0.2) is 72.5 Å². The number of hydrogen-bond acceptors (Lipinski definition) is 6. The second kappa shape index (κ2) is 8.02. The zero-order valence-corrected chi connectivity index (χ0v) is 18.2. The van der Waals surface area contributed by atoms with Gasteiger partial charge in [0, 0.05) is 23.8 Å². The van der Waals surface area contributed by atoms with Gasteiger partial charge in [0.05, 0.1) is 33.5 Å². The molecule has 9 nitrogen and oxygen atoms in total. The minimum Gasteiger partial charge on any atom is -0.293 e. The Kier molecular flexibility index (Phi) is 5.12. The number of allylic oxidation sites excluding steroid dienone is 2. The SMILES string of the molecule is N#CC1=C[C@@H]2[C@@H]3C(=O)N(c4ccccc4Cl)C(=O)[C@H]3[C@@H](C(=O)c3cccc([N+](=O)[O-])c3)[NH+]2C=C1. The fourth-order valence-corrected chi connectivity index (χ4v) is 5.34. The Bertz CT molecular complexity index is 1380. The van der Waals surface area contributed by atoms with Crippen molar-refractivity contribution >= 4 is 40.6 Å². The van der Waals surface area contributed by atoms with Gasteiger partial charge in [-0.2, -0.15) is 5.26 Å². The van der Waals surface area contributed by atoms with Gasteiger partial charge < -0.3 is 0 Å². The van der Waals surface area contributed by atoms with E-state index in [0.717, 1.165) is 4.90 Å². The van der Waals surface area contributed by atoms with E-state index in [2.05, 4.69) is 0 Å². The number of para-hydroxylation sites is 1. The lowest BCUT2D eigenvalue weighted by molar-refractivity contribution is -0.871. The molecule has 2 fully saturated rings. The maximum atomic E-state index is 13.7. The third-order valence-electron chi connectivity index (χ3n) is 6.55. The Morgan fingerprint density at radius 2 is 1.85 bits per heavy atom. The van der Waals surface area contributed by atoms with Crippen molar-refractivity contribution < 1.29 is 24.2 Å². The lowest BCUT2D eigenvalue weighted by Crippen LogP contribution is -3.15. The van der Waals surface area contributed by atoms with Gasteiger partial charge in [-0.1, -0.05) is 35.9 Å². The van der Waals surface area contributed by atoms with Gasteiger partial charge in [-0.05, 0) is 18.2 Å². The molecule has 0 aliphatic carbocycles. The van der Waals surface area contributed by atoms with E-state index in [1.807, 2.05) is 6.07 Å². The molecular formula is C24H16ClN4O5+. The van der Waals surface area contributed by atoms with Crippen LogP contribution in [-0.4, -0.2) is 34.6 Å². The number of carbonyl (C=O) groups is 3. The first-order valence-corrected chi connectivity index (χ1v) is 10.8. The van der Waals surface area contributed by atoms with E-state index in [1.165, 1.54) is 24.3 Å². The lowest BCUT2D eigenvalue weighted by atomic mass is 9.86. The molecule has 3 aliphatic rings. The number of Topliss-reactive ketones (excluding diaryl/α,β-unsaturated/α-hetero) is 1. The Morgan fingerprint density at radius 3 is 2.56 bits per heavy atom. The predicted molar refractivity (Wildman–Crippen MR) is 120 cm³/mol. The first-order chi connectivity index (χ1) is 16.3. The molecule has 0 bridgehead atoms. The van der Waals surface area contributed by atoms with Crippen LogP contribution in [0.4, 0.5) is 11.4 Å². The number of carbonyl (C=O) groups excluding carboxylic acids is 3. The van der Waals surface area contributed by atoms with Crippen molar-refractivity contribution in [3.63, 3.8) is 0 Å². The largest absolute Gasteiger partial charge is 0.293 e. The molecule has 0 spiro atoms. The molecule has 10 heteroatoms. The summed E-state index contributed by atoms with van der Waals surface area (Å²) in [7, 11) is 0. The number of benzene rings is 2. The predicted octanol–water partition coefficient (Wildman–Crippen LogP) is 1.85. The van der Waals surface area contributed by atoms with Crippen LogP contribution >= 0.6 is 11.6 Å². The number of nitro groups is 1. The van der Waals surface area contributed by atoms with Gasteiger partial charge in [-0.15, -0.1) is 0 Å². The number of ketones is 1. The van der Waals surface area contributed by atoms with Crippen LogP contribution in [0.3, 0.4) is 0 Å². The molecular weight excluding hydrogens is 460 g/mol. The molecule has 5 atom stereocenters. The number of rotatable bonds is 4. The molecule has 1 N–H and O–H groups in total. The molecule has 3 heterocycles. The molecule has 1 unspecified atom stereocenters. The van der Waals surface area contributed by atoms with Crippen LogP contribution in [-0.2, 0) is 9.59 Å². The highest BCUT2D eigenvalue weighted by atomic mass is 35.5. The van der Waals surface area contributed by atoms with E-state index in [9.17, 15) is 29.8 Å². The maximum absolute atomic E-state index is 13.7. The number of nitrogens with one attached hydrogen (secondary N) is 1. The number of halogens is 1. The zero-order chi connectivity index (χ0) is 24.1. The number of imide groups is 1. The van der Waals surface area contributed by atoms with Crippen molar-refractivity contribution in [2.45, 2.75) is 12.1 Å². The Morgan fingerprint density at radius 1 is 1.12 bits per heavy atom. The van der Waals surface area contributed by atoms with E-state index in [0.29, 0.717) is 10.5 Å². The summed E-state index contributed by atoms with van der Waals surface area (Å²) in [5.74, 6) is -3.45. The van der Waals surface area contributed by atoms with Crippen LogP contribution in [0.1, 0.15) is 10.4 Å². The van der Waals surface area contributed by atoms with Gasteiger partial charge in [-0.25, -0.2) is 4.90 Å². The topological polar surface area (TPSA) is 126 Å². The highest BCUT2D eigenvalue weighted by Gasteiger charge is 2.67. The Labute approximate surface area is 198 Å². The number of nitrogens with zero attached hydrogens (tertiary/aromatic N) is 3. The second-order valence-electron chi connectivity index (χ2n) is 8.26. The minimum atomic E-state index is -1.02. The summed E-state index contributed by atoms with van der Waals surface area (Å²) in [6.45, 7) is 0. The zero-order valence-electron chi connectivity index (χ0n) is 17.4. The van der Waals surface area contributed by atoms with Crippen LogP contribution in [0.25, 0.3) is 0 Å². The third kappa shape index (κ3) is 3.15. The number of anilines is 1. The van der Waals surface area contributed by atoms with Crippen molar-refractivity contribution in [3.8, 4) is 6.07 Å². The van der Waals surface area contributed by atoms with Gasteiger partial charge in [0.1, 0.15) is 17.9 Å². The van der Waals surface area contributed by atoms with Crippen LogP contribution in [0.5, 0.6) is 0 Å². The van der Waals surface area contributed by atoms with E-state index in [4.69, 9.17) is 11.6 Å². The minimum absolute atomic E-state index is 0.0750. The number of fused-ring (bicyclic) bond motifs is 3. The number of nitriles is 1. The highest BCUT2D eigenvalue weighted by Crippen LogP contribution is 2.41. The Balaban J connectivity index is 1.62. The third-order valence-corrected chi connectivity index (χ3v) is 6.87. The summed E-state index contributed by atoms with van der Waals surface area (Å²) in [4.78, 5) is 53.0. The summed E-state index contributed by atoms with van der Waals surface area (Å²) in [5.41, 5.74) is 0.380. The molecule has 34 heavy (non-hydrogen) atoms.